The average molecular weight is 335 g/mol. The molecule has 2 aromatic carbocycles. The van der Waals surface area contributed by atoms with Gasteiger partial charge in [0.25, 0.3) is 6.57 Å². The topological polar surface area (TPSA) is 85.8 Å². The number of hydrogen-bond acceptors (Lipinski definition) is 3. The maximum absolute atomic E-state index is 11.4. The number of nitrogens with two attached hydrogens (primary N) is 2. The van der Waals surface area contributed by atoms with Crippen molar-refractivity contribution in [2.24, 2.45) is 16.5 Å². The van der Waals surface area contributed by atoms with Crippen LogP contribution in [0, 0.1) is 6.57 Å². The van der Waals surface area contributed by atoms with Gasteiger partial charge in [0.15, 0.2) is 4.88 Å². The normalized spacial score (nSPS) is 11.4. The van der Waals surface area contributed by atoms with Gasteiger partial charge < -0.3 is 11.5 Å². The molecule has 5 nitrogen and oxygen atoms in total. The van der Waals surface area contributed by atoms with Gasteiger partial charge in [-0.1, -0.05) is 18.2 Å². The van der Waals surface area contributed by atoms with Gasteiger partial charge in [-0.3, -0.25) is 9.79 Å². The minimum atomic E-state index is -0.451. The summed E-state index contributed by atoms with van der Waals surface area (Å²) in [7, 11) is 1.63. The predicted molar refractivity (Wildman–Crippen MR) is 100 cm³/mol. The summed E-state index contributed by atoms with van der Waals surface area (Å²) in [4.78, 5) is 20.0. The summed E-state index contributed by atoms with van der Waals surface area (Å²) < 4.78 is 0.989. The summed E-state index contributed by atoms with van der Waals surface area (Å²) in [5.41, 5.74) is 14.3. The van der Waals surface area contributed by atoms with Crippen molar-refractivity contribution in [3.05, 3.63) is 57.8 Å². The lowest BCUT2D eigenvalue weighted by molar-refractivity contribution is 0.100. The zero-order valence-electron chi connectivity index (χ0n) is 13.0. The summed E-state index contributed by atoms with van der Waals surface area (Å²) in [6.07, 6.45) is 0. The Bertz CT molecular complexity index is 1030. The highest BCUT2D eigenvalue weighted by atomic mass is 32.1. The second kappa shape index (κ2) is 6.14. The smallest absolute Gasteiger partial charge is 0.369 e. The molecule has 0 unspecified atom stereocenters. The molecule has 0 atom stereocenters. The number of aliphatic imine (C=N–C) groups is 1. The first-order valence-corrected chi connectivity index (χ1v) is 7.97. The highest BCUT2D eigenvalue weighted by Gasteiger charge is 2.23. The molecule has 0 saturated carbocycles. The van der Waals surface area contributed by atoms with Crippen molar-refractivity contribution in [1.29, 1.82) is 0 Å². The van der Waals surface area contributed by atoms with Crippen LogP contribution >= 0.6 is 11.3 Å². The van der Waals surface area contributed by atoms with Crippen LogP contribution in [0.25, 0.3) is 26.1 Å². The molecule has 4 N–H and O–H groups in total. The van der Waals surface area contributed by atoms with Crippen LogP contribution < -0.4 is 11.5 Å². The van der Waals surface area contributed by atoms with Gasteiger partial charge in [0.05, 0.1) is 5.39 Å². The predicted octanol–water partition coefficient (Wildman–Crippen LogP) is 3.60. The van der Waals surface area contributed by atoms with Crippen molar-refractivity contribution >= 4 is 38.9 Å². The van der Waals surface area contributed by atoms with Crippen LogP contribution in [-0.4, -0.2) is 18.8 Å². The Kier molecular flexibility index (Phi) is 4.02. The van der Waals surface area contributed by atoms with Gasteiger partial charge in [-0.05, 0) is 40.2 Å². The lowest BCUT2D eigenvalue weighted by Crippen LogP contribution is -2.10. The van der Waals surface area contributed by atoms with Crippen molar-refractivity contribution in [3.8, 4) is 17.7 Å². The molecule has 118 valence electrons. The van der Waals surface area contributed by atoms with E-state index in [9.17, 15) is 4.79 Å². The SMILES string of the molecule is C#[N+]c1c(C(N)=NC)sc2cc(-c3cccc(C(N)=O)c3)ccc12. The Morgan fingerprint density at radius 1 is 1.17 bits per heavy atom. The van der Waals surface area contributed by atoms with Crippen LogP contribution in [0.5, 0.6) is 0 Å². The maximum atomic E-state index is 11.4. The zero-order valence-corrected chi connectivity index (χ0v) is 13.8. The molecule has 1 aromatic heterocycles. The molecule has 0 spiro atoms. The molecule has 24 heavy (non-hydrogen) atoms. The third kappa shape index (κ3) is 2.62. The first-order chi connectivity index (χ1) is 11.5. The van der Waals surface area contributed by atoms with Crippen LogP contribution in [0.4, 0.5) is 5.69 Å². The van der Waals surface area contributed by atoms with Gasteiger partial charge in [-0.25, -0.2) is 0 Å². The van der Waals surface area contributed by atoms with E-state index in [1.54, 1.807) is 19.2 Å². The molecule has 1 heterocycles. The second-order valence-electron chi connectivity index (χ2n) is 5.17. The van der Waals surface area contributed by atoms with Crippen LogP contribution in [0.2, 0.25) is 0 Å². The molecule has 0 aliphatic heterocycles. The number of rotatable bonds is 3. The van der Waals surface area contributed by atoms with E-state index < -0.39 is 5.91 Å². The Labute approximate surface area is 143 Å². The molecule has 3 aromatic rings. The van der Waals surface area contributed by atoms with E-state index in [2.05, 4.69) is 9.84 Å². The first kappa shape index (κ1) is 15.7. The number of hydrogen-bond donors (Lipinski definition) is 2. The zero-order chi connectivity index (χ0) is 17.3. The molecular weight excluding hydrogens is 320 g/mol. The number of carbonyl (C=O) groups excluding carboxylic acids is 1. The molecule has 6 heteroatoms. The molecular formula is C18H15N4OS+. The summed E-state index contributed by atoms with van der Waals surface area (Å²) in [5, 5.41) is 0.916. The van der Waals surface area contributed by atoms with Gasteiger partial charge in [-0.15, -0.1) is 11.3 Å². The largest absolute Gasteiger partial charge is 0.383 e. The maximum Gasteiger partial charge on any atom is 0.369 e. The first-order valence-electron chi connectivity index (χ1n) is 7.15. The molecule has 3 rings (SSSR count). The van der Waals surface area contributed by atoms with E-state index in [1.807, 2.05) is 30.3 Å². The highest BCUT2D eigenvalue weighted by Crippen LogP contribution is 2.39. The van der Waals surface area contributed by atoms with E-state index >= 15 is 0 Å². The molecule has 0 aliphatic rings. The molecule has 1 amide bonds. The number of nitrogens with zero attached hydrogens (tertiary/aromatic N) is 2. The second-order valence-corrected chi connectivity index (χ2v) is 6.23. The Morgan fingerprint density at radius 3 is 2.58 bits per heavy atom. The van der Waals surface area contributed by atoms with Gasteiger partial charge in [0.1, 0.15) is 5.84 Å². The average Bonchev–Trinajstić information content (AvgIpc) is 2.98. The van der Waals surface area contributed by atoms with E-state index in [-0.39, 0.29) is 0 Å². The van der Waals surface area contributed by atoms with Crippen molar-refractivity contribution < 1.29 is 4.79 Å². The summed E-state index contributed by atoms with van der Waals surface area (Å²) in [6, 6.07) is 13.1. The molecule has 0 saturated heterocycles. The fourth-order valence-corrected chi connectivity index (χ4v) is 3.65. The van der Waals surface area contributed by atoms with Crippen LogP contribution in [0.3, 0.4) is 0 Å². The van der Waals surface area contributed by atoms with Gasteiger partial charge in [0.2, 0.25) is 5.91 Å². The Balaban J connectivity index is 2.18. The third-order valence-corrected chi connectivity index (χ3v) is 4.91. The molecule has 0 fully saturated rings. The quantitative estimate of drug-likeness (QED) is 0.566. The van der Waals surface area contributed by atoms with Crippen molar-refractivity contribution in [2.45, 2.75) is 0 Å². The Hall–Kier alpha value is -3.17. The van der Waals surface area contributed by atoms with Gasteiger partial charge >= 0.3 is 5.69 Å². The third-order valence-electron chi connectivity index (χ3n) is 3.75. The fourth-order valence-electron chi connectivity index (χ4n) is 2.52. The van der Waals surface area contributed by atoms with Gasteiger partial charge in [0, 0.05) is 17.3 Å². The van der Waals surface area contributed by atoms with E-state index in [4.69, 9.17) is 18.0 Å². The standard InChI is InChI=1S/C18H14N4OS/c1-21-15-13-7-6-11(9-14(13)24-16(15)17(19)22-2)10-4-3-5-12(8-10)18(20)23/h1,3-9H,2H3,(H3-,19,20,22,23)/p+1. The minimum absolute atomic E-state index is 0.401. The van der Waals surface area contributed by atoms with E-state index in [0.29, 0.717) is 17.1 Å². The number of benzene rings is 2. The summed E-state index contributed by atoms with van der Waals surface area (Å²) >= 11 is 1.48. The number of amidine groups is 1. The summed E-state index contributed by atoms with van der Waals surface area (Å²) in [5.74, 6) is -0.0508. The molecule has 0 aliphatic carbocycles. The molecule has 0 radical (unpaired) electrons. The van der Waals surface area contributed by atoms with E-state index in [1.165, 1.54) is 11.3 Å². The van der Waals surface area contributed by atoms with Crippen molar-refractivity contribution in [3.63, 3.8) is 0 Å². The number of thiophene rings is 1. The lowest BCUT2D eigenvalue weighted by atomic mass is 10.0. The monoisotopic (exact) mass is 335 g/mol. The number of primary amides is 1. The van der Waals surface area contributed by atoms with Gasteiger partial charge in [-0.2, -0.15) is 0 Å². The summed E-state index contributed by atoms with van der Waals surface area (Å²) in [6.45, 7) is 5.53. The van der Waals surface area contributed by atoms with Crippen LogP contribution in [-0.2, 0) is 0 Å². The highest BCUT2D eigenvalue weighted by molar-refractivity contribution is 7.21. The fraction of sp³-hybridized carbons (Fsp3) is 0.0556. The van der Waals surface area contributed by atoms with Crippen LogP contribution in [0.1, 0.15) is 15.2 Å². The van der Waals surface area contributed by atoms with Crippen molar-refractivity contribution in [2.75, 3.05) is 7.05 Å². The lowest BCUT2D eigenvalue weighted by Gasteiger charge is -2.03. The Morgan fingerprint density at radius 2 is 1.92 bits per heavy atom. The number of fused-ring (bicyclic) bond motifs is 1. The van der Waals surface area contributed by atoms with Crippen molar-refractivity contribution in [1.82, 2.24) is 0 Å². The van der Waals surface area contributed by atoms with Crippen LogP contribution in [0.15, 0.2) is 47.5 Å². The number of amides is 1. The van der Waals surface area contributed by atoms with E-state index in [0.717, 1.165) is 26.1 Å². The molecule has 0 bridgehead atoms. The minimum Gasteiger partial charge on any atom is -0.383 e. The number of carbonyl (C=O) groups is 1.